The van der Waals surface area contributed by atoms with E-state index in [1.165, 1.54) is 6.07 Å². The molecule has 0 aliphatic rings. The van der Waals surface area contributed by atoms with Gasteiger partial charge in [-0.15, -0.1) is 10.2 Å². The molecule has 0 spiro atoms. The summed E-state index contributed by atoms with van der Waals surface area (Å²) in [5.74, 6) is 2.89. The highest BCUT2D eigenvalue weighted by atomic mass is 32.2. The fourth-order valence-electron chi connectivity index (χ4n) is 3.32. The van der Waals surface area contributed by atoms with E-state index in [9.17, 15) is 8.42 Å². The summed E-state index contributed by atoms with van der Waals surface area (Å²) in [5, 5.41) is 8.23. The van der Waals surface area contributed by atoms with Gasteiger partial charge in [-0.2, -0.15) is 0 Å². The van der Waals surface area contributed by atoms with E-state index in [1.54, 1.807) is 68.9 Å². The van der Waals surface area contributed by atoms with Gasteiger partial charge in [0.15, 0.2) is 5.82 Å². The van der Waals surface area contributed by atoms with Crippen LogP contribution in [-0.4, -0.2) is 35.3 Å². The number of rotatable bonds is 7. The van der Waals surface area contributed by atoms with Crippen molar-refractivity contribution in [3.63, 3.8) is 0 Å². The maximum absolute atomic E-state index is 12.9. The quantitative estimate of drug-likeness (QED) is 0.436. The van der Waals surface area contributed by atoms with Crippen molar-refractivity contribution < 1.29 is 17.9 Å². The Morgan fingerprint density at radius 2 is 1.67 bits per heavy atom. The van der Waals surface area contributed by atoms with Gasteiger partial charge in [-0.3, -0.25) is 9.29 Å². The molecule has 9 nitrogen and oxygen atoms in total. The van der Waals surface area contributed by atoms with Crippen LogP contribution in [0, 0.1) is 20.8 Å². The van der Waals surface area contributed by atoms with Crippen molar-refractivity contribution in [2.24, 2.45) is 0 Å². The molecule has 2 aromatic carbocycles. The number of benzene rings is 2. The monoisotopic (exact) mass is 465 g/mol. The average molecular weight is 466 g/mol. The van der Waals surface area contributed by atoms with Gasteiger partial charge in [0.25, 0.3) is 10.0 Å². The Morgan fingerprint density at radius 1 is 0.909 bits per heavy atom. The highest BCUT2D eigenvalue weighted by molar-refractivity contribution is 7.92. The first-order valence-corrected chi connectivity index (χ1v) is 11.6. The average Bonchev–Trinajstić information content (AvgIpc) is 3.23. The summed E-state index contributed by atoms with van der Waals surface area (Å²) in [6.45, 7) is 5.45. The summed E-state index contributed by atoms with van der Waals surface area (Å²) < 4.78 is 41.2. The highest BCUT2D eigenvalue weighted by Crippen LogP contribution is 2.29. The van der Waals surface area contributed by atoms with E-state index < -0.39 is 10.0 Å². The third-order valence-corrected chi connectivity index (χ3v) is 6.75. The molecule has 0 bridgehead atoms. The molecular formula is C23H23N5O4S. The van der Waals surface area contributed by atoms with Crippen LogP contribution in [0.25, 0.3) is 5.82 Å². The Hall–Kier alpha value is -3.92. The van der Waals surface area contributed by atoms with Crippen molar-refractivity contribution in [3.8, 4) is 23.2 Å². The second kappa shape index (κ2) is 8.91. The molecule has 0 saturated heterocycles. The molecule has 2 heterocycles. The van der Waals surface area contributed by atoms with Crippen molar-refractivity contribution >= 4 is 15.7 Å². The smallest absolute Gasteiger partial charge is 0.262 e. The van der Waals surface area contributed by atoms with E-state index in [0.29, 0.717) is 34.4 Å². The van der Waals surface area contributed by atoms with Gasteiger partial charge in [-0.25, -0.2) is 13.4 Å². The predicted molar refractivity (Wildman–Crippen MR) is 124 cm³/mol. The maximum Gasteiger partial charge on any atom is 0.262 e. The molecule has 0 saturated carbocycles. The summed E-state index contributed by atoms with van der Waals surface area (Å²) in [7, 11) is -2.22. The van der Waals surface area contributed by atoms with Crippen molar-refractivity contribution in [1.29, 1.82) is 0 Å². The van der Waals surface area contributed by atoms with Crippen LogP contribution in [0.2, 0.25) is 0 Å². The topological polar surface area (TPSA) is 108 Å². The zero-order valence-electron chi connectivity index (χ0n) is 18.6. The summed E-state index contributed by atoms with van der Waals surface area (Å²) in [6.07, 6.45) is 3.49. The zero-order chi connectivity index (χ0) is 23.6. The molecular weight excluding hydrogens is 442 g/mol. The van der Waals surface area contributed by atoms with Crippen LogP contribution in [0.5, 0.6) is 17.4 Å². The van der Waals surface area contributed by atoms with E-state index in [2.05, 4.69) is 19.9 Å². The summed E-state index contributed by atoms with van der Waals surface area (Å²) in [4.78, 5) is 4.36. The number of sulfonamides is 1. The molecule has 170 valence electrons. The van der Waals surface area contributed by atoms with E-state index >= 15 is 0 Å². The molecule has 33 heavy (non-hydrogen) atoms. The molecule has 0 fully saturated rings. The Labute approximate surface area is 192 Å². The van der Waals surface area contributed by atoms with Crippen molar-refractivity contribution in [2.45, 2.75) is 25.7 Å². The van der Waals surface area contributed by atoms with Crippen LogP contribution < -0.4 is 14.2 Å². The van der Waals surface area contributed by atoms with E-state index in [1.807, 2.05) is 18.4 Å². The minimum Gasteiger partial charge on any atom is -0.496 e. The fraction of sp³-hybridized carbons (Fsp3) is 0.174. The van der Waals surface area contributed by atoms with Gasteiger partial charge in [0.05, 0.1) is 12.0 Å². The molecule has 10 heteroatoms. The number of aryl methyl sites for hydroxylation is 1. The summed E-state index contributed by atoms with van der Waals surface area (Å²) in [5.41, 5.74) is 1.82. The number of aromatic nitrogens is 4. The van der Waals surface area contributed by atoms with Crippen molar-refractivity contribution in [1.82, 2.24) is 19.7 Å². The van der Waals surface area contributed by atoms with Gasteiger partial charge < -0.3 is 9.47 Å². The Balaban J connectivity index is 1.46. The number of methoxy groups -OCH3 is 1. The zero-order valence-corrected chi connectivity index (χ0v) is 19.4. The lowest BCUT2D eigenvalue weighted by Gasteiger charge is -2.14. The molecule has 0 amide bonds. The molecule has 0 radical (unpaired) electrons. The van der Waals surface area contributed by atoms with E-state index in [-0.39, 0.29) is 4.90 Å². The van der Waals surface area contributed by atoms with Gasteiger partial charge in [-0.1, -0.05) is 0 Å². The normalized spacial score (nSPS) is 11.3. The Kier molecular flexibility index (Phi) is 6.01. The van der Waals surface area contributed by atoms with Gasteiger partial charge in [-0.05, 0) is 74.4 Å². The molecule has 0 aliphatic heterocycles. The number of imidazole rings is 1. The molecule has 4 rings (SSSR count). The SMILES string of the molecule is COc1ccc(S(=O)(=O)Nc2ccc(Oc3ccc(-n4ccnc4C)nn3)cc2)c(C)c1C. The Morgan fingerprint density at radius 3 is 2.27 bits per heavy atom. The molecule has 0 aliphatic carbocycles. The van der Waals surface area contributed by atoms with Crippen LogP contribution in [0.1, 0.15) is 17.0 Å². The molecule has 2 aromatic heterocycles. The minimum atomic E-state index is -3.77. The fourth-order valence-corrected chi connectivity index (χ4v) is 4.68. The third-order valence-electron chi connectivity index (χ3n) is 5.22. The lowest BCUT2D eigenvalue weighted by molar-refractivity contribution is 0.410. The molecule has 0 atom stereocenters. The van der Waals surface area contributed by atoms with Crippen LogP contribution in [0.15, 0.2) is 65.8 Å². The van der Waals surface area contributed by atoms with Gasteiger partial charge in [0.2, 0.25) is 5.88 Å². The third kappa shape index (κ3) is 4.65. The number of nitrogens with one attached hydrogen (secondary N) is 1. The van der Waals surface area contributed by atoms with Crippen LogP contribution in [0.3, 0.4) is 0 Å². The first kappa shape index (κ1) is 22.3. The van der Waals surface area contributed by atoms with Crippen LogP contribution >= 0.6 is 0 Å². The highest BCUT2D eigenvalue weighted by Gasteiger charge is 2.19. The number of ether oxygens (including phenoxy) is 2. The van der Waals surface area contributed by atoms with Crippen LogP contribution in [-0.2, 0) is 10.0 Å². The number of nitrogens with zero attached hydrogens (tertiary/aromatic N) is 4. The van der Waals surface area contributed by atoms with Crippen molar-refractivity contribution in [2.75, 3.05) is 11.8 Å². The summed E-state index contributed by atoms with van der Waals surface area (Å²) in [6, 6.07) is 13.2. The number of anilines is 1. The number of hydrogen-bond acceptors (Lipinski definition) is 7. The predicted octanol–water partition coefficient (Wildman–Crippen LogP) is 4.19. The standard InChI is InChI=1S/C23H23N5O4S/c1-15-16(2)21(10-9-20(15)31-4)33(29,30)27-18-5-7-19(8-6-18)32-23-12-11-22(25-26-23)28-14-13-24-17(28)3/h5-14,27H,1-4H3. The van der Waals surface area contributed by atoms with E-state index in [0.717, 1.165) is 11.4 Å². The minimum absolute atomic E-state index is 0.199. The molecule has 0 unspecified atom stereocenters. The van der Waals surface area contributed by atoms with Crippen LogP contribution in [0.4, 0.5) is 5.69 Å². The lowest BCUT2D eigenvalue weighted by Crippen LogP contribution is -2.15. The maximum atomic E-state index is 12.9. The Bertz CT molecular complexity index is 1380. The largest absolute Gasteiger partial charge is 0.496 e. The van der Waals surface area contributed by atoms with Gasteiger partial charge in [0, 0.05) is 24.1 Å². The second-order valence-corrected chi connectivity index (χ2v) is 8.97. The molecule has 4 aromatic rings. The lowest BCUT2D eigenvalue weighted by atomic mass is 10.1. The van der Waals surface area contributed by atoms with Gasteiger partial charge >= 0.3 is 0 Å². The van der Waals surface area contributed by atoms with Crippen molar-refractivity contribution in [3.05, 3.63) is 77.9 Å². The first-order valence-electron chi connectivity index (χ1n) is 10.1. The van der Waals surface area contributed by atoms with E-state index in [4.69, 9.17) is 9.47 Å². The second-order valence-electron chi connectivity index (χ2n) is 7.32. The molecule has 1 N–H and O–H groups in total. The first-order chi connectivity index (χ1) is 15.8. The van der Waals surface area contributed by atoms with Gasteiger partial charge in [0.1, 0.15) is 17.3 Å². The number of hydrogen-bond donors (Lipinski definition) is 1. The summed E-state index contributed by atoms with van der Waals surface area (Å²) >= 11 is 0.